The van der Waals surface area contributed by atoms with Gasteiger partial charge in [-0.05, 0) is 41.5 Å². The quantitative estimate of drug-likeness (QED) is 0.176. The van der Waals surface area contributed by atoms with Gasteiger partial charge in [-0.2, -0.15) is 0 Å². The van der Waals surface area contributed by atoms with Crippen molar-refractivity contribution in [2.24, 2.45) is 10.9 Å². The summed E-state index contributed by atoms with van der Waals surface area (Å²) in [6.07, 6.45) is 4.79. The molecule has 0 aromatic heterocycles. The number of allylic oxidation sites excluding steroid dienone is 2. The molecule has 0 heterocycles. The second-order valence-corrected chi connectivity index (χ2v) is 8.70. The highest BCUT2D eigenvalue weighted by Crippen LogP contribution is 2.35. The minimum atomic E-state index is -0.345. The Morgan fingerprint density at radius 1 is 0.944 bits per heavy atom. The molecule has 4 rings (SSSR count). The van der Waals surface area contributed by atoms with Crippen molar-refractivity contribution in [1.29, 1.82) is 5.41 Å². The minimum Gasteiger partial charge on any atom is -0.488 e. The third-order valence-electron chi connectivity index (χ3n) is 5.50. The minimum absolute atomic E-state index is 0.0788. The van der Waals surface area contributed by atoms with E-state index < -0.39 is 0 Å². The van der Waals surface area contributed by atoms with Gasteiger partial charge in [-0.15, -0.1) is 0 Å². The fourth-order valence-electron chi connectivity index (χ4n) is 3.63. The molecule has 0 fully saturated rings. The number of oxime groups is 1. The zero-order valence-electron chi connectivity index (χ0n) is 19.0. The summed E-state index contributed by atoms with van der Waals surface area (Å²) >= 11 is 13.1. The lowest BCUT2D eigenvalue weighted by Crippen LogP contribution is -2.14. The third kappa shape index (κ3) is 5.76. The average molecular weight is 526 g/mol. The molecule has 0 aliphatic heterocycles. The first-order valence-electron chi connectivity index (χ1n) is 10.9. The van der Waals surface area contributed by atoms with Gasteiger partial charge in [-0.25, -0.2) is 4.39 Å². The number of benzene rings is 3. The summed E-state index contributed by atoms with van der Waals surface area (Å²) in [6.45, 7) is 0.480. The smallest absolute Gasteiger partial charge is 0.142 e. The summed E-state index contributed by atoms with van der Waals surface area (Å²) in [5.74, 6) is 0.522. The molecule has 4 N–H and O–H groups in total. The molecule has 0 unspecified atom stereocenters. The molecule has 9 heteroatoms. The molecule has 1 aliphatic carbocycles. The van der Waals surface area contributed by atoms with Gasteiger partial charge in [0.15, 0.2) is 0 Å². The van der Waals surface area contributed by atoms with Crippen molar-refractivity contribution in [2.45, 2.75) is 13.2 Å². The lowest BCUT2D eigenvalue weighted by atomic mass is 10.0. The summed E-state index contributed by atoms with van der Waals surface area (Å²) in [5.41, 5.74) is 9.59. The molecule has 0 saturated carbocycles. The van der Waals surface area contributed by atoms with Crippen molar-refractivity contribution in [1.82, 2.24) is 0 Å². The molecule has 3 aromatic rings. The van der Waals surface area contributed by atoms with Gasteiger partial charge in [0.2, 0.25) is 0 Å². The number of ether oxygens (including phenoxy) is 2. The normalized spacial score (nSPS) is 14.2. The Bertz CT molecular complexity index is 1400. The summed E-state index contributed by atoms with van der Waals surface area (Å²) in [4.78, 5) is 0. The Kier molecular flexibility index (Phi) is 8.05. The zero-order chi connectivity index (χ0) is 25.7. The van der Waals surface area contributed by atoms with Crippen LogP contribution in [0.15, 0.2) is 83.6 Å². The maximum absolute atomic E-state index is 13.7. The predicted molar refractivity (Wildman–Crippen MR) is 140 cm³/mol. The van der Waals surface area contributed by atoms with Crippen molar-refractivity contribution in [3.63, 3.8) is 0 Å². The molecule has 184 valence electrons. The lowest BCUT2D eigenvalue weighted by molar-refractivity contribution is 0.301. The Balaban J connectivity index is 1.52. The first kappa shape index (κ1) is 25.4. The van der Waals surface area contributed by atoms with Gasteiger partial charge in [0, 0.05) is 29.3 Å². The second-order valence-electron chi connectivity index (χ2n) is 7.91. The van der Waals surface area contributed by atoms with Crippen molar-refractivity contribution < 1.29 is 19.1 Å². The standard InChI is InChI=1S/C27H22Cl2FN3O3/c28-22-11-19(13-31)25(35-14-16-7-8-24(33-34)23(32)9-16)12-26(22)36-15-18-4-2-6-21(27(18)29)17-3-1-5-20(30)10-17/h1-12,32,34H,13-15,31H2/b32-23?,33-24-. The highest BCUT2D eigenvalue weighted by Gasteiger charge is 2.15. The van der Waals surface area contributed by atoms with Crippen molar-refractivity contribution in [3.05, 3.63) is 105 Å². The first-order valence-corrected chi connectivity index (χ1v) is 11.7. The molecule has 3 aromatic carbocycles. The van der Waals surface area contributed by atoms with E-state index in [4.69, 9.17) is 49.0 Å². The maximum atomic E-state index is 13.7. The van der Waals surface area contributed by atoms with Gasteiger partial charge in [0.25, 0.3) is 0 Å². The highest BCUT2D eigenvalue weighted by atomic mass is 35.5. The van der Waals surface area contributed by atoms with Gasteiger partial charge in [0.05, 0.1) is 15.8 Å². The fourth-order valence-corrected chi connectivity index (χ4v) is 4.16. The van der Waals surface area contributed by atoms with Crippen LogP contribution in [0.5, 0.6) is 11.5 Å². The molecule has 0 atom stereocenters. The fraction of sp³-hybridized carbons (Fsp3) is 0.111. The number of hydrogen-bond acceptors (Lipinski definition) is 6. The maximum Gasteiger partial charge on any atom is 0.142 e. The van der Waals surface area contributed by atoms with Gasteiger partial charge in [-0.3, -0.25) is 5.41 Å². The van der Waals surface area contributed by atoms with Gasteiger partial charge in [0.1, 0.15) is 36.2 Å². The Morgan fingerprint density at radius 3 is 2.44 bits per heavy atom. The molecule has 0 bridgehead atoms. The Hall–Kier alpha value is -3.65. The van der Waals surface area contributed by atoms with Crippen LogP contribution in [0, 0.1) is 11.2 Å². The van der Waals surface area contributed by atoms with E-state index in [2.05, 4.69) is 5.16 Å². The van der Waals surface area contributed by atoms with Crippen LogP contribution in [-0.2, 0) is 13.2 Å². The number of nitrogens with two attached hydrogens (primary N) is 1. The van der Waals surface area contributed by atoms with E-state index >= 15 is 0 Å². The van der Waals surface area contributed by atoms with Crippen molar-refractivity contribution in [2.75, 3.05) is 6.61 Å². The topological polar surface area (TPSA) is 101 Å². The van der Waals surface area contributed by atoms with E-state index in [9.17, 15) is 4.39 Å². The Morgan fingerprint density at radius 2 is 1.72 bits per heavy atom. The van der Waals surface area contributed by atoms with E-state index in [-0.39, 0.29) is 37.0 Å². The molecule has 36 heavy (non-hydrogen) atoms. The Labute approximate surface area is 217 Å². The average Bonchev–Trinajstić information content (AvgIpc) is 2.87. The number of halogens is 3. The van der Waals surface area contributed by atoms with Crippen LogP contribution in [0.25, 0.3) is 11.1 Å². The van der Waals surface area contributed by atoms with Crippen LogP contribution in [0.1, 0.15) is 11.1 Å². The second kappa shape index (κ2) is 11.4. The third-order valence-corrected chi connectivity index (χ3v) is 6.24. The molecule has 0 spiro atoms. The van der Waals surface area contributed by atoms with E-state index in [0.717, 1.165) is 0 Å². The predicted octanol–water partition coefficient (Wildman–Crippen LogP) is 6.56. The number of hydrogen-bond donors (Lipinski definition) is 3. The molecule has 0 radical (unpaired) electrons. The molecular formula is C27H22Cl2FN3O3. The summed E-state index contributed by atoms with van der Waals surface area (Å²) in [7, 11) is 0. The largest absolute Gasteiger partial charge is 0.488 e. The van der Waals surface area contributed by atoms with Crippen molar-refractivity contribution in [3.8, 4) is 22.6 Å². The van der Waals surface area contributed by atoms with Crippen LogP contribution in [-0.4, -0.2) is 23.2 Å². The monoisotopic (exact) mass is 525 g/mol. The van der Waals surface area contributed by atoms with Gasteiger partial charge in [-0.1, -0.05) is 64.8 Å². The summed E-state index contributed by atoms with van der Waals surface area (Å²) in [6, 6.07) is 15.0. The zero-order valence-corrected chi connectivity index (χ0v) is 20.5. The summed E-state index contributed by atoms with van der Waals surface area (Å²) in [5, 5.41) is 20.6. The van der Waals surface area contributed by atoms with Crippen LogP contribution >= 0.6 is 23.2 Å². The van der Waals surface area contributed by atoms with Gasteiger partial charge >= 0.3 is 0 Å². The van der Waals surface area contributed by atoms with Crippen LogP contribution in [0.3, 0.4) is 0 Å². The molecule has 6 nitrogen and oxygen atoms in total. The molecular weight excluding hydrogens is 504 g/mol. The SMILES string of the molecule is N=C1C=C(COc2cc(OCc3cccc(-c4cccc(F)c4)c3Cl)c(Cl)cc2CN)C=C/C1=N/O. The van der Waals surface area contributed by atoms with E-state index in [0.29, 0.717) is 49.4 Å². The van der Waals surface area contributed by atoms with Crippen LogP contribution in [0.4, 0.5) is 4.39 Å². The van der Waals surface area contributed by atoms with Gasteiger partial charge < -0.3 is 20.4 Å². The highest BCUT2D eigenvalue weighted by molar-refractivity contribution is 6.50. The lowest BCUT2D eigenvalue weighted by Gasteiger charge is -2.17. The van der Waals surface area contributed by atoms with Crippen LogP contribution in [0.2, 0.25) is 10.0 Å². The van der Waals surface area contributed by atoms with E-state index in [1.54, 1.807) is 36.4 Å². The molecule has 0 saturated heterocycles. The molecule has 1 aliphatic rings. The number of nitrogens with one attached hydrogen (secondary N) is 1. The number of nitrogens with zero attached hydrogens (tertiary/aromatic N) is 1. The first-order chi connectivity index (χ1) is 17.4. The molecule has 0 amide bonds. The number of rotatable bonds is 8. The van der Waals surface area contributed by atoms with Crippen molar-refractivity contribution >= 4 is 34.6 Å². The summed E-state index contributed by atoms with van der Waals surface area (Å²) < 4.78 is 25.6. The van der Waals surface area contributed by atoms with E-state index in [1.165, 1.54) is 18.2 Å². The van der Waals surface area contributed by atoms with E-state index in [1.807, 2.05) is 18.2 Å². The van der Waals surface area contributed by atoms with Crippen LogP contribution < -0.4 is 15.2 Å².